The van der Waals surface area contributed by atoms with Gasteiger partial charge in [0.15, 0.2) is 0 Å². The largest absolute Gasteiger partial charge is 0.361 e. The number of carbonyl (C=O) groups excluding carboxylic acids is 2. The molecule has 0 saturated heterocycles. The van der Waals surface area contributed by atoms with Crippen molar-refractivity contribution in [3.8, 4) is 11.1 Å². The van der Waals surface area contributed by atoms with Crippen LogP contribution < -0.4 is 10.6 Å². The first-order valence-corrected chi connectivity index (χ1v) is 13.7. The lowest BCUT2D eigenvalue weighted by atomic mass is 9.94. The number of hydrogen-bond donors (Lipinski definition) is 3. The molecule has 9 heteroatoms. The van der Waals surface area contributed by atoms with Gasteiger partial charge in [0.1, 0.15) is 17.5 Å². The van der Waals surface area contributed by atoms with Crippen molar-refractivity contribution in [2.75, 3.05) is 0 Å². The highest BCUT2D eigenvalue weighted by atomic mass is 19.1. The Labute approximate surface area is 240 Å². The molecule has 6 rings (SSSR count). The van der Waals surface area contributed by atoms with Crippen LogP contribution in [0.1, 0.15) is 46.1 Å². The molecule has 0 aliphatic heterocycles. The number of carbonyl (C=O) groups is 2. The van der Waals surface area contributed by atoms with Gasteiger partial charge in [-0.25, -0.2) is 13.2 Å². The minimum absolute atomic E-state index is 0.0504. The number of H-pyrrole nitrogens is 1. The van der Waals surface area contributed by atoms with E-state index in [9.17, 15) is 22.8 Å². The van der Waals surface area contributed by atoms with Crippen LogP contribution in [0.2, 0.25) is 0 Å². The number of nitrogens with one attached hydrogen (secondary N) is 3. The van der Waals surface area contributed by atoms with E-state index in [-0.39, 0.29) is 30.7 Å². The molecular formula is C33H27F3N4O2. The Bertz CT molecular complexity index is 1780. The number of pyridine rings is 1. The molecule has 0 radical (unpaired) electrons. The van der Waals surface area contributed by atoms with E-state index in [0.29, 0.717) is 44.4 Å². The fourth-order valence-electron chi connectivity index (χ4n) is 5.16. The van der Waals surface area contributed by atoms with Gasteiger partial charge in [0.2, 0.25) is 5.91 Å². The predicted molar refractivity (Wildman–Crippen MR) is 153 cm³/mol. The quantitative estimate of drug-likeness (QED) is 0.198. The number of hydrogen-bond acceptors (Lipinski definition) is 3. The maximum Gasteiger partial charge on any atom is 0.251 e. The predicted octanol–water partition coefficient (Wildman–Crippen LogP) is 6.18. The first kappa shape index (κ1) is 27.3. The van der Waals surface area contributed by atoms with Crippen molar-refractivity contribution in [1.82, 2.24) is 20.6 Å². The average molecular weight is 569 g/mol. The normalized spacial score (nSPS) is 13.6. The van der Waals surface area contributed by atoms with Crippen molar-refractivity contribution in [2.24, 2.45) is 0 Å². The second kappa shape index (κ2) is 11.5. The summed E-state index contributed by atoms with van der Waals surface area (Å²) in [6.45, 7) is 0. The molecule has 212 valence electrons. The van der Waals surface area contributed by atoms with Crippen LogP contribution in [-0.2, 0) is 17.6 Å². The van der Waals surface area contributed by atoms with E-state index in [1.54, 1.807) is 42.7 Å². The molecule has 2 aromatic heterocycles. The number of aromatic nitrogens is 2. The summed E-state index contributed by atoms with van der Waals surface area (Å²) in [5.41, 5.74) is 3.97. The average Bonchev–Trinajstić information content (AvgIpc) is 3.70. The number of halogens is 3. The molecule has 1 aliphatic rings. The topological polar surface area (TPSA) is 86.9 Å². The highest BCUT2D eigenvalue weighted by Gasteiger charge is 2.25. The Kier molecular flexibility index (Phi) is 7.48. The van der Waals surface area contributed by atoms with Crippen LogP contribution in [0.4, 0.5) is 13.2 Å². The van der Waals surface area contributed by atoms with Crippen molar-refractivity contribution < 1.29 is 22.8 Å². The highest BCUT2D eigenvalue weighted by Crippen LogP contribution is 2.30. The smallest absolute Gasteiger partial charge is 0.251 e. The summed E-state index contributed by atoms with van der Waals surface area (Å²) in [7, 11) is 0. The number of fused-ring (bicyclic) bond motifs is 1. The molecule has 1 fully saturated rings. The Morgan fingerprint density at radius 2 is 1.74 bits per heavy atom. The zero-order chi connectivity index (χ0) is 29.2. The second-order valence-corrected chi connectivity index (χ2v) is 10.5. The maximum atomic E-state index is 14.1. The van der Waals surface area contributed by atoms with Crippen molar-refractivity contribution >= 4 is 22.7 Å². The van der Waals surface area contributed by atoms with Gasteiger partial charge in [-0.05, 0) is 84.5 Å². The summed E-state index contributed by atoms with van der Waals surface area (Å²) in [6, 6.07) is 17.6. The molecule has 1 atom stereocenters. The molecular weight excluding hydrogens is 541 g/mol. The van der Waals surface area contributed by atoms with Crippen LogP contribution in [0.5, 0.6) is 0 Å². The van der Waals surface area contributed by atoms with Crippen molar-refractivity contribution in [2.45, 2.75) is 37.8 Å². The van der Waals surface area contributed by atoms with E-state index in [2.05, 4.69) is 20.6 Å². The first-order chi connectivity index (χ1) is 20.3. The van der Waals surface area contributed by atoms with Crippen LogP contribution in [0.25, 0.3) is 22.0 Å². The van der Waals surface area contributed by atoms with Gasteiger partial charge in [-0.3, -0.25) is 14.6 Å². The zero-order valence-electron chi connectivity index (χ0n) is 22.5. The maximum absolute atomic E-state index is 14.1. The van der Waals surface area contributed by atoms with Gasteiger partial charge in [0.25, 0.3) is 5.91 Å². The van der Waals surface area contributed by atoms with Gasteiger partial charge in [0.05, 0.1) is 18.2 Å². The molecule has 5 aromatic rings. The van der Waals surface area contributed by atoms with E-state index in [4.69, 9.17) is 0 Å². The molecule has 42 heavy (non-hydrogen) atoms. The molecule has 1 saturated carbocycles. The summed E-state index contributed by atoms with van der Waals surface area (Å²) in [6.07, 6.45) is 5.16. The fraction of sp³-hybridized carbons (Fsp3) is 0.182. The third-order valence-electron chi connectivity index (χ3n) is 7.29. The Balaban J connectivity index is 1.34. The third kappa shape index (κ3) is 6.20. The van der Waals surface area contributed by atoms with Gasteiger partial charge in [-0.15, -0.1) is 0 Å². The Hall–Kier alpha value is -4.92. The lowest BCUT2D eigenvalue weighted by molar-refractivity contribution is -0.121. The zero-order valence-corrected chi connectivity index (χ0v) is 22.5. The van der Waals surface area contributed by atoms with Crippen LogP contribution in [-0.4, -0.2) is 27.8 Å². The summed E-state index contributed by atoms with van der Waals surface area (Å²) in [5, 5.41) is 6.56. The van der Waals surface area contributed by atoms with E-state index in [1.165, 1.54) is 24.3 Å². The van der Waals surface area contributed by atoms with Gasteiger partial charge < -0.3 is 15.6 Å². The Morgan fingerprint density at radius 3 is 2.52 bits per heavy atom. The summed E-state index contributed by atoms with van der Waals surface area (Å²) in [4.78, 5) is 33.8. The highest BCUT2D eigenvalue weighted by molar-refractivity contribution is 5.96. The van der Waals surface area contributed by atoms with E-state index >= 15 is 0 Å². The van der Waals surface area contributed by atoms with Crippen LogP contribution >= 0.6 is 0 Å². The Morgan fingerprint density at radius 1 is 0.929 bits per heavy atom. The second-order valence-electron chi connectivity index (χ2n) is 10.5. The molecule has 1 aliphatic carbocycles. The lowest BCUT2D eigenvalue weighted by Gasteiger charge is -2.22. The lowest BCUT2D eigenvalue weighted by Crippen LogP contribution is -2.32. The van der Waals surface area contributed by atoms with E-state index < -0.39 is 23.5 Å². The first-order valence-electron chi connectivity index (χ1n) is 13.7. The van der Waals surface area contributed by atoms with Crippen LogP contribution in [0.3, 0.4) is 0 Å². The van der Waals surface area contributed by atoms with E-state index in [0.717, 1.165) is 18.9 Å². The van der Waals surface area contributed by atoms with Crippen LogP contribution in [0.15, 0.2) is 85.2 Å². The van der Waals surface area contributed by atoms with Crippen molar-refractivity contribution in [3.63, 3.8) is 0 Å². The number of benzene rings is 3. The third-order valence-corrected chi connectivity index (χ3v) is 7.29. The van der Waals surface area contributed by atoms with Crippen molar-refractivity contribution in [1.29, 1.82) is 0 Å². The fourth-order valence-corrected chi connectivity index (χ4v) is 5.16. The molecule has 6 nitrogen and oxygen atoms in total. The monoisotopic (exact) mass is 568 g/mol. The summed E-state index contributed by atoms with van der Waals surface area (Å²) < 4.78 is 42.2. The molecule has 3 N–H and O–H groups in total. The van der Waals surface area contributed by atoms with Gasteiger partial charge in [-0.2, -0.15) is 0 Å². The number of rotatable bonds is 9. The molecule has 0 spiro atoms. The molecule has 3 aromatic carbocycles. The minimum Gasteiger partial charge on any atom is -0.361 e. The summed E-state index contributed by atoms with van der Waals surface area (Å²) in [5.74, 6) is -2.42. The SMILES string of the molecule is O=C(Cc1c[nH]c2ccc(F)cc12)N[C@@H](Cc1cc(F)cc(F)c1)c1ncccc1-c1cccc(C(=O)NC2CC2)c1. The number of amides is 2. The van der Waals surface area contributed by atoms with Gasteiger partial charge in [-0.1, -0.05) is 18.2 Å². The van der Waals surface area contributed by atoms with Gasteiger partial charge in [0, 0.05) is 46.5 Å². The van der Waals surface area contributed by atoms with E-state index in [1.807, 2.05) is 12.1 Å². The standard InChI is InChI=1S/C33H27F3N4O2/c34-23-6-9-29-28(17-23)22(18-38-29)15-31(41)40-30(13-19-11-24(35)16-25(36)12-19)32-27(5-2-10-37-32)20-3-1-4-21(14-20)33(42)39-26-7-8-26/h1-6,9-12,14,16-18,26,30,38H,7-8,13,15H2,(H,39,42)(H,40,41)/t30-/m0/s1. The number of nitrogens with zero attached hydrogens (tertiary/aromatic N) is 1. The minimum atomic E-state index is -0.777. The molecule has 0 unspecified atom stereocenters. The number of aromatic amines is 1. The molecule has 2 amide bonds. The van der Waals surface area contributed by atoms with Crippen molar-refractivity contribution in [3.05, 3.63) is 125 Å². The molecule has 0 bridgehead atoms. The van der Waals surface area contributed by atoms with Gasteiger partial charge >= 0.3 is 0 Å². The van der Waals surface area contributed by atoms with Crippen LogP contribution in [0, 0.1) is 17.5 Å². The summed E-state index contributed by atoms with van der Waals surface area (Å²) >= 11 is 0. The molecule has 2 heterocycles.